The van der Waals surface area contributed by atoms with Gasteiger partial charge >= 0.3 is 0 Å². The van der Waals surface area contributed by atoms with Gasteiger partial charge < -0.3 is 9.52 Å². The van der Waals surface area contributed by atoms with Crippen molar-refractivity contribution >= 4 is 38.9 Å². The monoisotopic (exact) mass is 344 g/mol. The van der Waals surface area contributed by atoms with Gasteiger partial charge in [-0.1, -0.05) is 15.9 Å². The first-order chi connectivity index (χ1) is 10.1. The molecule has 1 N–H and O–H groups in total. The lowest BCUT2D eigenvalue weighted by Crippen LogP contribution is -2.07. The van der Waals surface area contributed by atoms with Crippen molar-refractivity contribution in [2.75, 3.05) is 0 Å². The van der Waals surface area contributed by atoms with Crippen molar-refractivity contribution < 1.29 is 9.52 Å². The van der Waals surface area contributed by atoms with E-state index in [1.54, 1.807) is 24.3 Å². The van der Waals surface area contributed by atoms with E-state index in [0.29, 0.717) is 11.0 Å². The summed E-state index contributed by atoms with van der Waals surface area (Å²) in [5, 5.41) is 10.0. The van der Waals surface area contributed by atoms with Crippen LogP contribution in [0.4, 0.5) is 5.82 Å². The Labute approximate surface area is 127 Å². The minimum Gasteiger partial charge on any atom is -0.504 e. The highest BCUT2D eigenvalue weighted by atomic mass is 79.9. The largest absolute Gasteiger partial charge is 0.504 e. The molecule has 0 saturated heterocycles. The maximum Gasteiger partial charge on any atom is 0.201 e. The Hall–Kier alpha value is -2.47. The SMILES string of the molecule is O=c1c(C=Nc2ncccc2O)coc2ccc(Br)cc12. The predicted molar refractivity (Wildman–Crippen MR) is 83.3 cm³/mol. The van der Waals surface area contributed by atoms with Gasteiger partial charge in [0, 0.05) is 16.9 Å². The number of halogens is 1. The molecule has 104 valence electrons. The Kier molecular flexibility index (Phi) is 3.53. The number of hydrogen-bond acceptors (Lipinski definition) is 5. The molecule has 0 fully saturated rings. The van der Waals surface area contributed by atoms with Gasteiger partial charge in [0.15, 0.2) is 11.6 Å². The van der Waals surface area contributed by atoms with Crippen molar-refractivity contribution in [3.05, 3.63) is 63.1 Å². The van der Waals surface area contributed by atoms with E-state index in [4.69, 9.17) is 4.42 Å². The molecule has 0 radical (unpaired) electrons. The van der Waals surface area contributed by atoms with E-state index in [-0.39, 0.29) is 22.6 Å². The first kappa shape index (κ1) is 13.5. The molecule has 0 spiro atoms. The summed E-state index contributed by atoms with van der Waals surface area (Å²) < 4.78 is 6.19. The molecule has 0 aliphatic heterocycles. The number of pyridine rings is 1. The van der Waals surface area contributed by atoms with E-state index in [0.717, 1.165) is 4.47 Å². The van der Waals surface area contributed by atoms with Crippen LogP contribution in [0.3, 0.4) is 0 Å². The van der Waals surface area contributed by atoms with Crippen molar-refractivity contribution in [3.63, 3.8) is 0 Å². The zero-order valence-electron chi connectivity index (χ0n) is 10.7. The molecule has 1 aromatic carbocycles. The summed E-state index contributed by atoms with van der Waals surface area (Å²) in [6, 6.07) is 8.27. The Balaban J connectivity index is 2.08. The van der Waals surface area contributed by atoms with Crippen LogP contribution in [0, 0.1) is 0 Å². The summed E-state index contributed by atoms with van der Waals surface area (Å²) in [5.41, 5.74) is 0.586. The molecule has 5 nitrogen and oxygen atoms in total. The highest BCUT2D eigenvalue weighted by Gasteiger charge is 2.06. The number of benzene rings is 1. The highest BCUT2D eigenvalue weighted by molar-refractivity contribution is 9.10. The van der Waals surface area contributed by atoms with Crippen molar-refractivity contribution in [1.82, 2.24) is 4.98 Å². The number of fused-ring (bicyclic) bond motifs is 1. The van der Waals surface area contributed by atoms with Gasteiger partial charge in [-0.15, -0.1) is 0 Å². The van der Waals surface area contributed by atoms with Crippen molar-refractivity contribution in [2.24, 2.45) is 4.99 Å². The van der Waals surface area contributed by atoms with Gasteiger partial charge in [-0.05, 0) is 30.3 Å². The Morgan fingerprint density at radius 3 is 3.00 bits per heavy atom. The molecule has 0 unspecified atom stereocenters. The number of aromatic hydroxyl groups is 1. The molecular formula is C15H9BrN2O3. The zero-order valence-corrected chi connectivity index (χ0v) is 12.2. The fourth-order valence-electron chi connectivity index (χ4n) is 1.83. The third-order valence-electron chi connectivity index (χ3n) is 2.85. The second kappa shape index (κ2) is 5.49. The fourth-order valence-corrected chi connectivity index (χ4v) is 2.19. The van der Waals surface area contributed by atoms with E-state index in [1.165, 1.54) is 24.7 Å². The van der Waals surface area contributed by atoms with Gasteiger partial charge in [0.2, 0.25) is 5.43 Å². The standard InChI is InChI=1S/C15H9BrN2O3/c16-10-3-4-13-11(6-10)14(20)9(8-21-13)7-18-15-12(19)2-1-5-17-15/h1-8,19H. The maximum absolute atomic E-state index is 12.3. The summed E-state index contributed by atoms with van der Waals surface area (Å²) in [4.78, 5) is 20.3. The van der Waals surface area contributed by atoms with Gasteiger partial charge in [0.1, 0.15) is 11.8 Å². The molecule has 0 aliphatic carbocycles. The van der Waals surface area contributed by atoms with Crippen LogP contribution in [-0.4, -0.2) is 16.3 Å². The van der Waals surface area contributed by atoms with Crippen LogP contribution in [0.1, 0.15) is 5.56 Å². The smallest absolute Gasteiger partial charge is 0.201 e. The summed E-state index contributed by atoms with van der Waals surface area (Å²) in [7, 11) is 0. The average molecular weight is 345 g/mol. The van der Waals surface area contributed by atoms with Crippen LogP contribution in [-0.2, 0) is 0 Å². The quantitative estimate of drug-likeness (QED) is 0.722. The maximum atomic E-state index is 12.3. The highest BCUT2D eigenvalue weighted by Crippen LogP contribution is 2.21. The van der Waals surface area contributed by atoms with E-state index >= 15 is 0 Å². The third-order valence-corrected chi connectivity index (χ3v) is 3.35. The normalized spacial score (nSPS) is 11.3. The number of hydrogen-bond donors (Lipinski definition) is 1. The van der Waals surface area contributed by atoms with E-state index in [1.807, 2.05) is 0 Å². The number of rotatable bonds is 2. The van der Waals surface area contributed by atoms with Crippen LogP contribution in [0.5, 0.6) is 5.75 Å². The molecule has 2 heterocycles. The van der Waals surface area contributed by atoms with Gasteiger partial charge in [-0.2, -0.15) is 0 Å². The van der Waals surface area contributed by atoms with Gasteiger partial charge in [0.05, 0.1) is 10.9 Å². The Bertz CT molecular complexity index is 903. The van der Waals surface area contributed by atoms with Crippen LogP contribution in [0.25, 0.3) is 11.0 Å². The lowest BCUT2D eigenvalue weighted by molar-refractivity contribution is 0.474. The number of nitrogens with zero attached hydrogens (tertiary/aromatic N) is 2. The van der Waals surface area contributed by atoms with Crippen LogP contribution in [0.2, 0.25) is 0 Å². The minimum absolute atomic E-state index is 0.0540. The van der Waals surface area contributed by atoms with Crippen LogP contribution < -0.4 is 5.43 Å². The van der Waals surface area contributed by atoms with Crippen LogP contribution in [0.15, 0.2) is 61.5 Å². The molecule has 3 aromatic rings. The van der Waals surface area contributed by atoms with Crippen LogP contribution >= 0.6 is 15.9 Å². The summed E-state index contributed by atoms with van der Waals surface area (Å²) in [6.07, 6.45) is 4.17. The fraction of sp³-hybridized carbons (Fsp3) is 0. The van der Waals surface area contributed by atoms with E-state index < -0.39 is 0 Å². The first-order valence-corrected chi connectivity index (χ1v) is 6.83. The first-order valence-electron chi connectivity index (χ1n) is 6.04. The van der Waals surface area contributed by atoms with Crippen molar-refractivity contribution in [3.8, 4) is 5.75 Å². The number of aliphatic imine (C=N–C) groups is 1. The number of aromatic nitrogens is 1. The van der Waals surface area contributed by atoms with Crippen molar-refractivity contribution in [2.45, 2.75) is 0 Å². The summed E-state index contributed by atoms with van der Waals surface area (Å²) >= 11 is 3.32. The second-order valence-electron chi connectivity index (χ2n) is 4.26. The van der Waals surface area contributed by atoms with E-state index in [9.17, 15) is 9.90 Å². The predicted octanol–water partition coefficient (Wildman–Crippen LogP) is 3.41. The lowest BCUT2D eigenvalue weighted by atomic mass is 10.2. The molecule has 2 aromatic heterocycles. The Morgan fingerprint density at radius 2 is 2.19 bits per heavy atom. The molecule has 0 aliphatic rings. The van der Waals surface area contributed by atoms with Gasteiger partial charge in [0.25, 0.3) is 0 Å². The molecular weight excluding hydrogens is 336 g/mol. The lowest BCUT2D eigenvalue weighted by Gasteiger charge is -1.99. The summed E-state index contributed by atoms with van der Waals surface area (Å²) in [5.74, 6) is 0.0907. The molecule has 0 saturated carbocycles. The molecule has 21 heavy (non-hydrogen) atoms. The van der Waals surface area contributed by atoms with Gasteiger partial charge in [-0.25, -0.2) is 9.98 Å². The molecule has 0 bridgehead atoms. The molecule has 3 rings (SSSR count). The summed E-state index contributed by atoms with van der Waals surface area (Å²) in [6.45, 7) is 0. The molecule has 6 heteroatoms. The molecule has 0 atom stereocenters. The Morgan fingerprint density at radius 1 is 1.33 bits per heavy atom. The van der Waals surface area contributed by atoms with Gasteiger partial charge in [-0.3, -0.25) is 4.79 Å². The third kappa shape index (κ3) is 2.71. The average Bonchev–Trinajstić information content (AvgIpc) is 2.49. The zero-order chi connectivity index (χ0) is 14.8. The molecule has 0 amide bonds. The van der Waals surface area contributed by atoms with Crippen molar-refractivity contribution in [1.29, 1.82) is 0 Å². The second-order valence-corrected chi connectivity index (χ2v) is 5.18. The topological polar surface area (TPSA) is 75.7 Å². The van der Waals surface area contributed by atoms with E-state index in [2.05, 4.69) is 25.9 Å². The minimum atomic E-state index is -0.197.